The maximum absolute atomic E-state index is 12.7. The van der Waals surface area contributed by atoms with Gasteiger partial charge in [-0.25, -0.2) is 8.42 Å². The lowest BCUT2D eigenvalue weighted by Gasteiger charge is -2.15. The molecule has 0 radical (unpaired) electrons. The Morgan fingerprint density at radius 3 is 2.38 bits per heavy atom. The quantitative estimate of drug-likeness (QED) is 0.841. The van der Waals surface area contributed by atoms with Crippen molar-refractivity contribution in [1.29, 1.82) is 0 Å². The standard InChI is InChI=1S/C19H24N2O4S/c1-13-7-6-8-17(15(13)3)20-26(23,24)16-9-10-18(14(2)11-16)25-12-19(22)21(4)5/h6-11,20H,12H2,1-5H3. The Hall–Kier alpha value is -2.54. The van der Waals surface area contributed by atoms with Crippen molar-refractivity contribution in [2.24, 2.45) is 0 Å². The molecule has 0 saturated carbocycles. The molecule has 0 aliphatic heterocycles. The number of benzene rings is 2. The number of anilines is 1. The average Bonchev–Trinajstić information content (AvgIpc) is 2.57. The highest BCUT2D eigenvalue weighted by Gasteiger charge is 2.17. The predicted molar refractivity (Wildman–Crippen MR) is 102 cm³/mol. The number of ether oxygens (including phenoxy) is 1. The van der Waals surface area contributed by atoms with Crippen LogP contribution in [-0.4, -0.2) is 39.9 Å². The molecule has 0 bridgehead atoms. The van der Waals surface area contributed by atoms with Gasteiger partial charge in [0.05, 0.1) is 10.6 Å². The van der Waals surface area contributed by atoms with E-state index in [4.69, 9.17) is 4.74 Å². The minimum absolute atomic E-state index is 0.0966. The lowest BCUT2D eigenvalue weighted by Crippen LogP contribution is -2.27. The molecule has 0 aliphatic rings. The van der Waals surface area contributed by atoms with Gasteiger partial charge in [-0.1, -0.05) is 12.1 Å². The van der Waals surface area contributed by atoms with Crippen LogP contribution in [0.3, 0.4) is 0 Å². The maximum Gasteiger partial charge on any atom is 0.261 e. The highest BCUT2D eigenvalue weighted by atomic mass is 32.2. The topological polar surface area (TPSA) is 75.7 Å². The van der Waals surface area contributed by atoms with Crippen LogP contribution in [0, 0.1) is 20.8 Å². The van der Waals surface area contributed by atoms with E-state index < -0.39 is 10.0 Å². The average molecular weight is 376 g/mol. The van der Waals surface area contributed by atoms with Gasteiger partial charge in [0.15, 0.2) is 6.61 Å². The number of nitrogens with one attached hydrogen (secondary N) is 1. The number of sulfonamides is 1. The first kappa shape index (κ1) is 19.8. The Balaban J connectivity index is 2.21. The van der Waals surface area contributed by atoms with Crippen LogP contribution in [0.2, 0.25) is 0 Å². The van der Waals surface area contributed by atoms with Crippen molar-refractivity contribution in [1.82, 2.24) is 4.90 Å². The Bertz CT molecular complexity index is 921. The van der Waals surface area contributed by atoms with Gasteiger partial charge >= 0.3 is 0 Å². The molecule has 0 aliphatic carbocycles. The van der Waals surface area contributed by atoms with Crippen molar-refractivity contribution in [2.45, 2.75) is 25.7 Å². The fourth-order valence-electron chi connectivity index (χ4n) is 2.28. The third-order valence-corrected chi connectivity index (χ3v) is 5.52. The number of nitrogens with zero attached hydrogens (tertiary/aromatic N) is 1. The number of rotatable bonds is 6. The molecule has 0 aromatic heterocycles. The van der Waals surface area contributed by atoms with Crippen LogP contribution in [0.25, 0.3) is 0 Å². The lowest BCUT2D eigenvalue weighted by molar-refractivity contribution is -0.130. The van der Waals surface area contributed by atoms with E-state index in [9.17, 15) is 13.2 Å². The van der Waals surface area contributed by atoms with E-state index in [2.05, 4.69) is 4.72 Å². The summed E-state index contributed by atoms with van der Waals surface area (Å²) in [5, 5.41) is 0. The summed E-state index contributed by atoms with van der Waals surface area (Å²) in [5.74, 6) is 0.309. The molecule has 6 nitrogen and oxygen atoms in total. The van der Waals surface area contributed by atoms with Crippen LogP contribution in [0.4, 0.5) is 5.69 Å². The van der Waals surface area contributed by atoms with Crippen molar-refractivity contribution in [3.63, 3.8) is 0 Å². The summed E-state index contributed by atoms with van der Waals surface area (Å²) >= 11 is 0. The number of hydrogen-bond acceptors (Lipinski definition) is 4. The van der Waals surface area contributed by atoms with E-state index in [1.165, 1.54) is 17.0 Å². The van der Waals surface area contributed by atoms with Gasteiger partial charge in [0.25, 0.3) is 15.9 Å². The monoisotopic (exact) mass is 376 g/mol. The van der Waals surface area contributed by atoms with Crippen molar-refractivity contribution in [3.8, 4) is 5.75 Å². The normalized spacial score (nSPS) is 11.1. The number of carbonyl (C=O) groups is 1. The second-order valence-electron chi connectivity index (χ2n) is 6.36. The minimum Gasteiger partial charge on any atom is -0.483 e. The van der Waals surface area contributed by atoms with Crippen LogP contribution >= 0.6 is 0 Å². The van der Waals surface area contributed by atoms with Crippen LogP contribution in [0.5, 0.6) is 5.75 Å². The molecular formula is C19H24N2O4S. The number of carbonyl (C=O) groups excluding carboxylic acids is 1. The summed E-state index contributed by atoms with van der Waals surface area (Å²) in [7, 11) is -0.425. The molecule has 0 unspecified atom stereocenters. The Morgan fingerprint density at radius 2 is 1.77 bits per heavy atom. The molecule has 140 valence electrons. The molecule has 2 aromatic carbocycles. The third kappa shape index (κ3) is 4.54. The van der Waals surface area contributed by atoms with Gasteiger partial charge in [0, 0.05) is 14.1 Å². The number of hydrogen-bond donors (Lipinski definition) is 1. The van der Waals surface area contributed by atoms with Gasteiger partial charge in [-0.05, 0) is 61.7 Å². The molecule has 2 rings (SSSR count). The van der Waals surface area contributed by atoms with Gasteiger partial charge in [-0.15, -0.1) is 0 Å². The molecule has 0 saturated heterocycles. The van der Waals surface area contributed by atoms with Crippen LogP contribution < -0.4 is 9.46 Å². The van der Waals surface area contributed by atoms with E-state index in [-0.39, 0.29) is 17.4 Å². The second-order valence-corrected chi connectivity index (χ2v) is 8.04. The molecule has 7 heteroatoms. The zero-order valence-corrected chi connectivity index (χ0v) is 16.5. The third-order valence-electron chi connectivity index (χ3n) is 4.16. The summed E-state index contributed by atoms with van der Waals surface area (Å²) in [6, 6.07) is 10.0. The summed E-state index contributed by atoms with van der Waals surface area (Å²) < 4.78 is 33.4. The van der Waals surface area contributed by atoms with E-state index in [0.29, 0.717) is 17.0 Å². The Kier molecular flexibility index (Phi) is 5.92. The smallest absolute Gasteiger partial charge is 0.261 e. The number of likely N-dealkylation sites (N-methyl/N-ethyl adjacent to an activating group) is 1. The predicted octanol–water partition coefficient (Wildman–Crippen LogP) is 2.88. The molecule has 0 fully saturated rings. The fraction of sp³-hybridized carbons (Fsp3) is 0.316. The summed E-state index contributed by atoms with van der Waals surface area (Å²) in [5.41, 5.74) is 3.09. The summed E-state index contributed by atoms with van der Waals surface area (Å²) in [6.07, 6.45) is 0. The van der Waals surface area contributed by atoms with E-state index in [1.807, 2.05) is 26.0 Å². The second kappa shape index (κ2) is 7.78. The largest absolute Gasteiger partial charge is 0.483 e. The van der Waals surface area contributed by atoms with Crippen LogP contribution in [0.1, 0.15) is 16.7 Å². The van der Waals surface area contributed by atoms with Gasteiger partial charge in [0.2, 0.25) is 0 Å². The number of amides is 1. The van der Waals surface area contributed by atoms with Gasteiger partial charge in [-0.3, -0.25) is 9.52 Å². The highest BCUT2D eigenvalue weighted by molar-refractivity contribution is 7.92. The van der Waals surface area contributed by atoms with E-state index in [0.717, 1.165) is 11.1 Å². The molecular weight excluding hydrogens is 352 g/mol. The molecule has 26 heavy (non-hydrogen) atoms. The zero-order valence-electron chi connectivity index (χ0n) is 15.7. The summed E-state index contributed by atoms with van der Waals surface area (Å²) in [4.78, 5) is 13.2. The van der Waals surface area contributed by atoms with Crippen molar-refractivity contribution < 1.29 is 17.9 Å². The fourth-order valence-corrected chi connectivity index (χ4v) is 3.49. The Morgan fingerprint density at radius 1 is 1.08 bits per heavy atom. The van der Waals surface area contributed by atoms with Crippen molar-refractivity contribution >= 4 is 21.6 Å². The van der Waals surface area contributed by atoms with Crippen molar-refractivity contribution in [2.75, 3.05) is 25.4 Å². The summed E-state index contributed by atoms with van der Waals surface area (Å²) in [6.45, 7) is 5.45. The molecule has 2 aromatic rings. The maximum atomic E-state index is 12.7. The minimum atomic E-state index is -3.72. The number of aryl methyl sites for hydroxylation is 2. The SMILES string of the molecule is Cc1cc(S(=O)(=O)Nc2cccc(C)c2C)ccc1OCC(=O)N(C)C. The molecule has 1 N–H and O–H groups in total. The van der Waals surface area contributed by atoms with E-state index >= 15 is 0 Å². The molecule has 0 spiro atoms. The van der Waals surface area contributed by atoms with Gasteiger partial charge in [-0.2, -0.15) is 0 Å². The molecule has 1 amide bonds. The van der Waals surface area contributed by atoms with E-state index in [1.54, 1.807) is 33.2 Å². The first-order chi connectivity index (χ1) is 12.1. The van der Waals surface area contributed by atoms with Crippen LogP contribution in [0.15, 0.2) is 41.3 Å². The molecule has 0 heterocycles. The first-order valence-corrected chi connectivity index (χ1v) is 9.63. The Labute approximate surface area is 154 Å². The lowest BCUT2D eigenvalue weighted by atomic mass is 10.1. The zero-order chi connectivity index (χ0) is 19.5. The van der Waals surface area contributed by atoms with Crippen LogP contribution in [-0.2, 0) is 14.8 Å². The molecule has 0 atom stereocenters. The van der Waals surface area contributed by atoms with Gasteiger partial charge in [0.1, 0.15) is 5.75 Å². The van der Waals surface area contributed by atoms with Crippen molar-refractivity contribution in [3.05, 3.63) is 53.1 Å². The highest BCUT2D eigenvalue weighted by Crippen LogP contribution is 2.25. The first-order valence-electron chi connectivity index (χ1n) is 8.14. The van der Waals surface area contributed by atoms with Gasteiger partial charge < -0.3 is 9.64 Å².